The van der Waals surface area contributed by atoms with Crippen LogP contribution in [0, 0.1) is 12.7 Å². The van der Waals surface area contributed by atoms with Gasteiger partial charge in [0.2, 0.25) is 0 Å². The van der Waals surface area contributed by atoms with E-state index in [4.69, 9.17) is 4.74 Å². The maximum Gasteiger partial charge on any atom is 0.434 e. The van der Waals surface area contributed by atoms with E-state index in [1.54, 1.807) is 11.0 Å². The Morgan fingerprint density at radius 2 is 1.19 bits per heavy atom. The van der Waals surface area contributed by atoms with Crippen LogP contribution in [0.3, 0.4) is 0 Å². The molecule has 2 unspecified atom stereocenters. The normalized spacial score (nSPS) is 24.0. The molecule has 5 fully saturated rings. The number of rotatable bonds is 11. The van der Waals surface area contributed by atoms with Gasteiger partial charge in [-0.15, -0.1) is 0 Å². The molecule has 2 bridgehead atoms. The molecule has 2 aromatic rings. The van der Waals surface area contributed by atoms with Crippen molar-refractivity contribution < 1.29 is 80.9 Å². The fraction of sp³-hybridized carbons (Fsp3) is 0.682. The van der Waals surface area contributed by atoms with E-state index in [0.29, 0.717) is 37.4 Å². The van der Waals surface area contributed by atoms with Crippen molar-refractivity contribution in [3.63, 3.8) is 0 Å². The summed E-state index contributed by atoms with van der Waals surface area (Å²) in [4.78, 5) is 34.4. The average molecular weight is 993 g/mol. The first-order valence-corrected chi connectivity index (χ1v) is 22.4. The molecule has 0 aromatic heterocycles. The summed E-state index contributed by atoms with van der Waals surface area (Å²) in [6.07, 6.45) is -29.7. The van der Waals surface area contributed by atoms with Crippen molar-refractivity contribution in [2.75, 3.05) is 76.9 Å². The van der Waals surface area contributed by atoms with Crippen LogP contribution in [-0.2, 0) is 33.8 Å². The summed E-state index contributed by atoms with van der Waals surface area (Å²) in [6, 6.07) is 11.1. The van der Waals surface area contributed by atoms with Crippen molar-refractivity contribution in [1.82, 2.24) is 24.5 Å². The van der Waals surface area contributed by atoms with Gasteiger partial charge in [0.15, 0.2) is 0 Å². The lowest BCUT2D eigenvalue weighted by Crippen LogP contribution is -2.54. The second-order valence-corrected chi connectivity index (χ2v) is 18.4. The second kappa shape index (κ2) is 20.2. The largest absolute Gasteiger partial charge is 0.434 e. The standard InChI is InChI=1S/C44H53F13N6O5/c1-28-29(23-58-13-17-60(18-14-58)38(64)66-36(41(46,47)48)42(49,50)51)5-4-6-30(28)25-62-12-3-2-7-33(62)22-40-11-10-34(68-40)26-63(27-40)32-9-8-31(35(45)21-32)24-59-15-19-61(20-16-59)39(65)67-37(43(52,53)54)44(55,56)57/h4-6,8-9,21,33-34,36-37H,2-3,7,10-20,22-27H2,1H3/t33-,34?,40?/m1/s1. The van der Waals surface area contributed by atoms with Gasteiger partial charge in [-0.05, 0) is 74.4 Å². The number of fused-ring (bicyclic) bond motifs is 2. The van der Waals surface area contributed by atoms with Crippen molar-refractivity contribution in [2.24, 2.45) is 0 Å². The molecule has 5 aliphatic rings. The molecular formula is C44H53F13N6O5. The molecule has 0 N–H and O–H groups in total. The summed E-state index contributed by atoms with van der Waals surface area (Å²) in [5.41, 5.74) is 3.69. The summed E-state index contributed by atoms with van der Waals surface area (Å²) in [7, 11) is 0. The molecule has 380 valence electrons. The Balaban J connectivity index is 0.917. The number of hydrogen-bond donors (Lipinski definition) is 0. The van der Waals surface area contributed by atoms with Gasteiger partial charge in [-0.25, -0.2) is 14.0 Å². The lowest BCUT2D eigenvalue weighted by Gasteiger charge is -2.46. The lowest BCUT2D eigenvalue weighted by molar-refractivity contribution is -0.309. The van der Waals surface area contributed by atoms with E-state index in [2.05, 4.69) is 25.3 Å². The van der Waals surface area contributed by atoms with Gasteiger partial charge in [0, 0.05) is 102 Å². The maximum atomic E-state index is 15.7. The number of piperidine rings is 1. The third-order valence-corrected chi connectivity index (χ3v) is 13.6. The number of carbonyl (C=O) groups excluding carboxylic acids is 2. The van der Waals surface area contributed by atoms with Gasteiger partial charge in [-0.2, -0.15) is 52.7 Å². The minimum absolute atomic E-state index is 0.0582. The number of amides is 2. The number of alkyl halides is 12. The van der Waals surface area contributed by atoms with E-state index in [-0.39, 0.29) is 71.0 Å². The van der Waals surface area contributed by atoms with Crippen LogP contribution in [-0.4, -0.2) is 163 Å². The highest BCUT2D eigenvalue weighted by Crippen LogP contribution is 2.43. The number of ether oxygens (including phenoxy) is 3. The fourth-order valence-corrected chi connectivity index (χ4v) is 9.95. The summed E-state index contributed by atoms with van der Waals surface area (Å²) < 4.78 is 185. The molecule has 3 atom stereocenters. The monoisotopic (exact) mass is 992 g/mol. The highest BCUT2D eigenvalue weighted by atomic mass is 19.4. The Hall–Kier alpha value is -4.29. The van der Waals surface area contributed by atoms with Crippen LogP contribution in [0.2, 0.25) is 0 Å². The predicted molar refractivity (Wildman–Crippen MR) is 218 cm³/mol. The summed E-state index contributed by atoms with van der Waals surface area (Å²) in [6.45, 7) is 5.13. The van der Waals surface area contributed by atoms with Gasteiger partial charge < -0.3 is 28.9 Å². The highest BCUT2D eigenvalue weighted by Gasteiger charge is 2.61. The van der Waals surface area contributed by atoms with Gasteiger partial charge in [-0.3, -0.25) is 14.7 Å². The summed E-state index contributed by atoms with van der Waals surface area (Å²) in [5.74, 6) is -0.485. The van der Waals surface area contributed by atoms with Crippen LogP contribution in [0.15, 0.2) is 36.4 Å². The van der Waals surface area contributed by atoms with Crippen molar-refractivity contribution in [2.45, 2.75) is 120 Å². The first-order valence-electron chi connectivity index (χ1n) is 22.4. The van der Waals surface area contributed by atoms with E-state index in [1.165, 1.54) is 6.07 Å². The maximum absolute atomic E-state index is 15.7. The number of nitrogens with zero attached hydrogens (tertiary/aromatic N) is 6. The molecule has 68 heavy (non-hydrogen) atoms. The Labute approximate surface area is 384 Å². The number of hydrogen-bond acceptors (Lipinski definition) is 9. The third kappa shape index (κ3) is 12.5. The Morgan fingerprint density at radius 1 is 0.676 bits per heavy atom. The molecule has 0 spiro atoms. The number of anilines is 1. The van der Waals surface area contributed by atoms with Crippen LogP contribution in [0.5, 0.6) is 0 Å². The third-order valence-electron chi connectivity index (χ3n) is 13.6. The Bertz CT molecular complexity index is 2050. The molecule has 2 amide bonds. The van der Waals surface area contributed by atoms with Gasteiger partial charge >= 0.3 is 36.9 Å². The van der Waals surface area contributed by atoms with Crippen molar-refractivity contribution in [1.29, 1.82) is 0 Å². The first-order chi connectivity index (χ1) is 31.8. The SMILES string of the molecule is Cc1c(CN2CCN(C(=O)OC(C(F)(F)F)C(F)(F)F)CC2)cccc1CN1CCCC[C@@H]1CC12CCC(CN(c3ccc(CN4CCN(C(=O)OC(C(F)(F)F)C(F)(F)F)CC4)c(F)c3)C1)O2. The average Bonchev–Trinajstić information content (AvgIpc) is 3.55. The van der Waals surface area contributed by atoms with E-state index in [9.17, 15) is 62.3 Å². The highest BCUT2D eigenvalue weighted by molar-refractivity contribution is 5.68. The van der Waals surface area contributed by atoms with Crippen LogP contribution in [0.4, 0.5) is 72.4 Å². The number of likely N-dealkylation sites (tertiary alicyclic amines) is 1. The minimum Gasteiger partial charge on any atom is -0.426 e. The number of benzene rings is 2. The molecule has 11 nitrogen and oxygen atoms in total. The molecule has 2 aromatic carbocycles. The zero-order chi connectivity index (χ0) is 49.4. The Morgan fingerprint density at radius 3 is 1.71 bits per heavy atom. The van der Waals surface area contributed by atoms with Crippen LogP contribution < -0.4 is 4.90 Å². The topological polar surface area (TPSA) is 81.3 Å². The molecule has 0 aliphatic carbocycles. The van der Waals surface area contributed by atoms with Gasteiger partial charge in [0.1, 0.15) is 5.82 Å². The van der Waals surface area contributed by atoms with E-state index < -0.39 is 60.5 Å². The molecule has 24 heteroatoms. The van der Waals surface area contributed by atoms with Crippen LogP contribution in [0.25, 0.3) is 0 Å². The molecule has 0 radical (unpaired) electrons. The van der Waals surface area contributed by atoms with Gasteiger partial charge in [0.25, 0.3) is 12.2 Å². The smallest absolute Gasteiger partial charge is 0.426 e. The van der Waals surface area contributed by atoms with Crippen molar-refractivity contribution in [3.05, 3.63) is 64.5 Å². The van der Waals surface area contributed by atoms with E-state index >= 15 is 4.39 Å². The Kier molecular flexibility index (Phi) is 15.3. The van der Waals surface area contributed by atoms with Crippen LogP contribution >= 0.6 is 0 Å². The summed E-state index contributed by atoms with van der Waals surface area (Å²) >= 11 is 0. The van der Waals surface area contributed by atoms with E-state index in [1.807, 2.05) is 30.0 Å². The number of carbonyl (C=O) groups is 2. The molecule has 5 heterocycles. The van der Waals surface area contributed by atoms with Crippen LogP contribution in [0.1, 0.15) is 60.8 Å². The predicted octanol–water partition coefficient (Wildman–Crippen LogP) is 8.81. The zero-order valence-electron chi connectivity index (χ0n) is 37.1. The molecular weight excluding hydrogens is 939 g/mol. The quantitative estimate of drug-likeness (QED) is 0.206. The molecule has 0 saturated carbocycles. The van der Waals surface area contributed by atoms with Gasteiger partial charge in [-0.1, -0.05) is 30.7 Å². The minimum atomic E-state index is -5.83. The number of piperazine rings is 2. The fourth-order valence-electron chi connectivity index (χ4n) is 9.95. The molecule has 5 aliphatic heterocycles. The second-order valence-electron chi connectivity index (χ2n) is 18.4. The van der Waals surface area contributed by atoms with Crippen molar-refractivity contribution in [3.8, 4) is 0 Å². The molecule has 7 rings (SSSR count). The number of morpholine rings is 1. The number of halogens is 13. The first kappa shape index (κ1) is 51.6. The van der Waals surface area contributed by atoms with Gasteiger partial charge in [0.05, 0.1) is 11.7 Å². The lowest BCUT2D eigenvalue weighted by atomic mass is 9.86. The van der Waals surface area contributed by atoms with Crippen molar-refractivity contribution >= 4 is 17.9 Å². The molecule has 5 saturated heterocycles. The zero-order valence-corrected chi connectivity index (χ0v) is 37.1. The van der Waals surface area contributed by atoms with E-state index in [0.717, 1.165) is 71.6 Å². The summed E-state index contributed by atoms with van der Waals surface area (Å²) in [5, 5.41) is 0.